The van der Waals surface area contributed by atoms with Crippen molar-refractivity contribution >= 4 is 11.9 Å². The fraction of sp³-hybridized carbons (Fsp3) is 0.222. The Bertz CT molecular complexity index is 386. The van der Waals surface area contributed by atoms with E-state index in [1.165, 1.54) is 26.2 Å². The molecule has 0 spiro atoms. The van der Waals surface area contributed by atoms with Gasteiger partial charge in [0, 0.05) is 0 Å². The van der Waals surface area contributed by atoms with Crippen molar-refractivity contribution < 1.29 is 19.4 Å². The van der Waals surface area contributed by atoms with Crippen LogP contribution >= 0.6 is 0 Å². The van der Waals surface area contributed by atoms with Gasteiger partial charge in [-0.3, -0.25) is 0 Å². The van der Waals surface area contributed by atoms with Crippen molar-refractivity contribution in [2.24, 2.45) is 0 Å². The molecular weight excluding hydrogens is 186 g/mol. The first-order chi connectivity index (χ1) is 6.56. The second-order valence-electron chi connectivity index (χ2n) is 2.63. The quantitative estimate of drug-likeness (QED) is 0.708. The number of ether oxygens (including phenoxy) is 1. The van der Waals surface area contributed by atoms with Crippen LogP contribution in [-0.2, 0) is 4.74 Å². The molecule has 0 saturated carbocycles. The number of aromatic carboxylic acids is 1. The Morgan fingerprint density at radius 1 is 1.43 bits per heavy atom. The number of aromatic nitrogens is 1. The third kappa shape index (κ3) is 1.87. The fourth-order valence-corrected chi connectivity index (χ4v) is 1.01. The summed E-state index contributed by atoms with van der Waals surface area (Å²) in [6.45, 7) is 1.52. The molecule has 0 radical (unpaired) electrons. The Morgan fingerprint density at radius 2 is 2.07 bits per heavy atom. The minimum atomic E-state index is -1.06. The molecule has 5 nitrogen and oxygen atoms in total. The van der Waals surface area contributed by atoms with E-state index in [4.69, 9.17) is 5.11 Å². The molecule has 0 unspecified atom stereocenters. The van der Waals surface area contributed by atoms with Crippen LogP contribution < -0.4 is 0 Å². The largest absolute Gasteiger partial charge is 0.478 e. The number of nitrogens with zero attached hydrogens (tertiary/aromatic N) is 1. The van der Waals surface area contributed by atoms with Gasteiger partial charge in [-0.2, -0.15) is 0 Å². The molecule has 14 heavy (non-hydrogen) atoms. The van der Waals surface area contributed by atoms with Gasteiger partial charge in [-0.15, -0.1) is 0 Å². The third-order valence-electron chi connectivity index (χ3n) is 1.71. The lowest BCUT2D eigenvalue weighted by Gasteiger charge is -2.02. The number of methoxy groups -OCH3 is 1. The van der Waals surface area contributed by atoms with Gasteiger partial charge in [-0.05, 0) is 19.1 Å². The van der Waals surface area contributed by atoms with Crippen molar-refractivity contribution in [3.8, 4) is 0 Å². The molecule has 0 aromatic carbocycles. The maximum Gasteiger partial charge on any atom is 0.356 e. The Kier molecular flexibility index (Phi) is 2.81. The van der Waals surface area contributed by atoms with Crippen LogP contribution in [0.1, 0.15) is 26.5 Å². The van der Waals surface area contributed by atoms with E-state index < -0.39 is 11.9 Å². The highest BCUT2D eigenvalue weighted by atomic mass is 16.5. The molecule has 1 heterocycles. The Hall–Kier alpha value is -1.91. The molecule has 5 heteroatoms. The minimum absolute atomic E-state index is 0.0812. The molecule has 0 fully saturated rings. The summed E-state index contributed by atoms with van der Waals surface area (Å²) in [5, 5.41) is 8.70. The Morgan fingerprint density at radius 3 is 2.50 bits per heavy atom. The van der Waals surface area contributed by atoms with E-state index in [0.29, 0.717) is 5.69 Å². The minimum Gasteiger partial charge on any atom is -0.478 e. The molecule has 0 atom stereocenters. The van der Waals surface area contributed by atoms with E-state index in [9.17, 15) is 9.59 Å². The molecule has 1 aromatic rings. The standard InChI is InChI=1S/C9H9NO4/c1-5-6(8(11)12)3-4-7(10-5)9(13)14-2/h3-4H,1-2H3,(H,11,12). The topological polar surface area (TPSA) is 76.5 Å². The van der Waals surface area contributed by atoms with Gasteiger partial charge < -0.3 is 9.84 Å². The normalized spacial score (nSPS) is 9.57. The maximum absolute atomic E-state index is 11.0. The lowest BCUT2D eigenvalue weighted by Crippen LogP contribution is -2.08. The molecule has 1 aromatic heterocycles. The smallest absolute Gasteiger partial charge is 0.356 e. The summed E-state index contributed by atoms with van der Waals surface area (Å²) in [6.07, 6.45) is 0. The first-order valence-electron chi connectivity index (χ1n) is 3.85. The average molecular weight is 195 g/mol. The van der Waals surface area contributed by atoms with E-state index in [1.807, 2.05) is 0 Å². The first-order valence-corrected chi connectivity index (χ1v) is 3.85. The molecule has 74 valence electrons. The summed E-state index contributed by atoms with van der Waals surface area (Å²) in [4.78, 5) is 25.4. The number of hydrogen-bond donors (Lipinski definition) is 1. The van der Waals surface area contributed by atoms with Gasteiger partial charge in [0.15, 0.2) is 0 Å². The number of carboxylic acids is 1. The van der Waals surface area contributed by atoms with Crippen LogP contribution in [0.2, 0.25) is 0 Å². The van der Waals surface area contributed by atoms with E-state index in [1.54, 1.807) is 0 Å². The van der Waals surface area contributed by atoms with E-state index in [2.05, 4.69) is 9.72 Å². The van der Waals surface area contributed by atoms with E-state index >= 15 is 0 Å². The van der Waals surface area contributed by atoms with Crippen LogP contribution in [0.15, 0.2) is 12.1 Å². The van der Waals surface area contributed by atoms with Crippen molar-refractivity contribution in [3.63, 3.8) is 0 Å². The second kappa shape index (κ2) is 3.87. The monoisotopic (exact) mass is 195 g/mol. The molecule has 0 aliphatic heterocycles. The number of pyridine rings is 1. The third-order valence-corrected chi connectivity index (χ3v) is 1.71. The zero-order valence-corrected chi connectivity index (χ0v) is 7.77. The fourth-order valence-electron chi connectivity index (χ4n) is 1.01. The van der Waals surface area contributed by atoms with Crippen LogP contribution in [0.5, 0.6) is 0 Å². The van der Waals surface area contributed by atoms with Gasteiger partial charge in [-0.25, -0.2) is 14.6 Å². The SMILES string of the molecule is COC(=O)c1ccc(C(=O)O)c(C)n1. The Labute approximate surface area is 80.3 Å². The lowest BCUT2D eigenvalue weighted by atomic mass is 10.2. The number of carbonyl (C=O) groups excluding carboxylic acids is 1. The lowest BCUT2D eigenvalue weighted by molar-refractivity contribution is 0.0591. The second-order valence-corrected chi connectivity index (χ2v) is 2.63. The number of hydrogen-bond acceptors (Lipinski definition) is 4. The molecule has 0 saturated heterocycles. The van der Waals surface area contributed by atoms with Crippen LogP contribution in [-0.4, -0.2) is 29.1 Å². The summed E-state index contributed by atoms with van der Waals surface area (Å²) in [5.41, 5.74) is 0.480. The molecule has 0 aliphatic carbocycles. The highest BCUT2D eigenvalue weighted by Gasteiger charge is 2.12. The van der Waals surface area contributed by atoms with E-state index in [0.717, 1.165) is 0 Å². The van der Waals surface area contributed by atoms with Crippen LogP contribution in [0.3, 0.4) is 0 Å². The van der Waals surface area contributed by atoms with Crippen molar-refractivity contribution in [2.45, 2.75) is 6.92 Å². The predicted octanol–water partition coefficient (Wildman–Crippen LogP) is 0.875. The van der Waals surface area contributed by atoms with Gasteiger partial charge in [-0.1, -0.05) is 0 Å². The summed E-state index contributed by atoms with van der Waals surface area (Å²) in [5.74, 6) is -1.64. The van der Waals surface area contributed by atoms with Gasteiger partial charge in [0.25, 0.3) is 0 Å². The molecule has 1 N–H and O–H groups in total. The number of aryl methyl sites for hydroxylation is 1. The number of carboxylic acid groups (broad SMARTS) is 1. The molecule has 0 amide bonds. The zero-order valence-electron chi connectivity index (χ0n) is 7.77. The first kappa shape index (κ1) is 10.2. The van der Waals surface area contributed by atoms with Gasteiger partial charge in [0.2, 0.25) is 0 Å². The zero-order chi connectivity index (χ0) is 10.7. The average Bonchev–Trinajstić information content (AvgIpc) is 2.15. The van der Waals surface area contributed by atoms with Crippen molar-refractivity contribution in [3.05, 3.63) is 29.1 Å². The Balaban J connectivity index is 3.12. The summed E-state index contributed by atoms with van der Waals surface area (Å²) in [6, 6.07) is 2.65. The number of carbonyl (C=O) groups is 2. The highest BCUT2D eigenvalue weighted by Crippen LogP contribution is 2.07. The number of esters is 1. The van der Waals surface area contributed by atoms with E-state index in [-0.39, 0.29) is 11.3 Å². The van der Waals surface area contributed by atoms with Crippen LogP contribution in [0.25, 0.3) is 0 Å². The molecule has 0 aliphatic rings. The van der Waals surface area contributed by atoms with Crippen LogP contribution in [0, 0.1) is 6.92 Å². The summed E-state index contributed by atoms with van der Waals surface area (Å²) in [7, 11) is 1.24. The summed E-state index contributed by atoms with van der Waals surface area (Å²) >= 11 is 0. The van der Waals surface area contributed by atoms with Crippen LogP contribution in [0.4, 0.5) is 0 Å². The molecule has 1 rings (SSSR count). The maximum atomic E-state index is 11.0. The summed E-state index contributed by atoms with van der Waals surface area (Å²) < 4.78 is 4.44. The van der Waals surface area contributed by atoms with Gasteiger partial charge in [0.1, 0.15) is 5.69 Å². The van der Waals surface area contributed by atoms with Gasteiger partial charge in [0.05, 0.1) is 18.4 Å². The highest BCUT2D eigenvalue weighted by molar-refractivity contribution is 5.91. The molecular formula is C9H9NO4. The van der Waals surface area contributed by atoms with Gasteiger partial charge >= 0.3 is 11.9 Å². The van der Waals surface area contributed by atoms with Crippen molar-refractivity contribution in [1.82, 2.24) is 4.98 Å². The molecule has 0 bridgehead atoms. The predicted molar refractivity (Wildman–Crippen MR) is 47.3 cm³/mol. The number of rotatable bonds is 2. The van der Waals surface area contributed by atoms with Crippen molar-refractivity contribution in [2.75, 3.05) is 7.11 Å². The van der Waals surface area contributed by atoms with Crippen molar-refractivity contribution in [1.29, 1.82) is 0 Å².